The van der Waals surface area contributed by atoms with Gasteiger partial charge in [0, 0.05) is 6.04 Å². The number of allylic oxidation sites excluding steroid dienone is 3. The quantitative estimate of drug-likeness (QED) is 0.623. The Kier molecular flexibility index (Phi) is 8.40. The van der Waals surface area contributed by atoms with Crippen LogP contribution in [0, 0.1) is 0 Å². The Labute approximate surface area is 95.7 Å². The minimum Gasteiger partial charge on any atom is -0.310 e. The summed E-state index contributed by atoms with van der Waals surface area (Å²) >= 11 is 0. The molecule has 0 saturated heterocycles. The molecule has 0 amide bonds. The van der Waals surface area contributed by atoms with Gasteiger partial charge in [-0.1, -0.05) is 44.1 Å². The van der Waals surface area contributed by atoms with Gasteiger partial charge in [-0.25, -0.2) is 0 Å². The van der Waals surface area contributed by atoms with Crippen molar-refractivity contribution in [3.05, 3.63) is 23.3 Å². The first kappa shape index (κ1) is 14.4. The molecule has 0 aliphatic rings. The second-order valence-electron chi connectivity index (χ2n) is 4.19. The highest BCUT2D eigenvalue weighted by Crippen LogP contribution is 2.07. The summed E-state index contributed by atoms with van der Waals surface area (Å²) in [5.41, 5.74) is 2.89. The lowest BCUT2D eigenvalue weighted by molar-refractivity contribution is 0.552. The van der Waals surface area contributed by atoms with Gasteiger partial charge >= 0.3 is 0 Å². The molecular weight excluding hydrogens is 182 g/mol. The van der Waals surface area contributed by atoms with Crippen LogP contribution in [0.1, 0.15) is 53.9 Å². The van der Waals surface area contributed by atoms with E-state index in [0.717, 1.165) is 13.0 Å². The minimum atomic E-state index is 0.547. The van der Waals surface area contributed by atoms with Crippen LogP contribution in [-0.2, 0) is 0 Å². The van der Waals surface area contributed by atoms with Gasteiger partial charge in [0.1, 0.15) is 0 Å². The fraction of sp³-hybridized carbons (Fsp3) is 0.714. The SMILES string of the molecule is CCCNC(CC)/C(C)=C/C=C(\C)CC. The third-order valence-corrected chi connectivity index (χ3v) is 2.79. The smallest absolute Gasteiger partial charge is 0.0277 e. The van der Waals surface area contributed by atoms with Crippen molar-refractivity contribution in [2.45, 2.75) is 59.9 Å². The Morgan fingerprint density at radius 2 is 1.80 bits per heavy atom. The van der Waals surface area contributed by atoms with E-state index in [1.165, 1.54) is 24.0 Å². The topological polar surface area (TPSA) is 12.0 Å². The van der Waals surface area contributed by atoms with Crippen LogP contribution in [0.3, 0.4) is 0 Å². The van der Waals surface area contributed by atoms with Crippen molar-refractivity contribution in [3.63, 3.8) is 0 Å². The predicted molar refractivity (Wildman–Crippen MR) is 70.2 cm³/mol. The molecule has 0 radical (unpaired) electrons. The van der Waals surface area contributed by atoms with Crippen LogP contribution >= 0.6 is 0 Å². The van der Waals surface area contributed by atoms with Gasteiger partial charge in [0.05, 0.1) is 0 Å². The molecule has 15 heavy (non-hydrogen) atoms. The van der Waals surface area contributed by atoms with Crippen LogP contribution in [0.25, 0.3) is 0 Å². The van der Waals surface area contributed by atoms with Crippen molar-refractivity contribution in [2.24, 2.45) is 0 Å². The second kappa shape index (κ2) is 8.72. The molecule has 0 saturated carbocycles. The molecule has 0 aliphatic carbocycles. The Bertz CT molecular complexity index is 213. The van der Waals surface area contributed by atoms with Crippen LogP contribution in [0.4, 0.5) is 0 Å². The lowest BCUT2D eigenvalue weighted by Crippen LogP contribution is -2.30. The maximum Gasteiger partial charge on any atom is 0.0277 e. The van der Waals surface area contributed by atoms with E-state index in [4.69, 9.17) is 0 Å². The fourth-order valence-electron chi connectivity index (χ4n) is 1.45. The van der Waals surface area contributed by atoms with Gasteiger partial charge in [-0.05, 0) is 39.7 Å². The molecule has 0 aromatic carbocycles. The normalized spacial score (nSPS) is 15.5. The van der Waals surface area contributed by atoms with E-state index in [1.54, 1.807) is 0 Å². The molecule has 0 bridgehead atoms. The van der Waals surface area contributed by atoms with E-state index < -0.39 is 0 Å². The van der Waals surface area contributed by atoms with Gasteiger partial charge in [0.25, 0.3) is 0 Å². The van der Waals surface area contributed by atoms with Crippen LogP contribution in [-0.4, -0.2) is 12.6 Å². The average molecular weight is 209 g/mol. The molecule has 0 heterocycles. The number of hydrogen-bond acceptors (Lipinski definition) is 1. The van der Waals surface area contributed by atoms with Crippen LogP contribution in [0.2, 0.25) is 0 Å². The molecule has 0 aromatic rings. The standard InChI is InChI=1S/C14H27N/c1-6-11-15-14(8-3)13(5)10-9-12(4)7-2/h9-10,14-15H,6-8,11H2,1-5H3/b12-9+,13-10+. The van der Waals surface area contributed by atoms with Crippen LogP contribution < -0.4 is 5.32 Å². The molecule has 88 valence electrons. The summed E-state index contributed by atoms with van der Waals surface area (Å²) in [4.78, 5) is 0. The molecule has 0 rings (SSSR count). The number of rotatable bonds is 7. The lowest BCUT2D eigenvalue weighted by Gasteiger charge is -2.17. The first-order valence-electron chi connectivity index (χ1n) is 6.22. The summed E-state index contributed by atoms with van der Waals surface area (Å²) in [7, 11) is 0. The van der Waals surface area contributed by atoms with E-state index in [9.17, 15) is 0 Å². The Hall–Kier alpha value is -0.560. The summed E-state index contributed by atoms with van der Waals surface area (Å²) < 4.78 is 0. The molecule has 1 atom stereocenters. The van der Waals surface area contributed by atoms with Gasteiger partial charge in [0.15, 0.2) is 0 Å². The van der Waals surface area contributed by atoms with Gasteiger partial charge in [-0.3, -0.25) is 0 Å². The van der Waals surface area contributed by atoms with Crippen molar-refractivity contribution >= 4 is 0 Å². The third-order valence-electron chi connectivity index (χ3n) is 2.79. The minimum absolute atomic E-state index is 0.547. The number of nitrogens with one attached hydrogen (secondary N) is 1. The number of hydrogen-bond donors (Lipinski definition) is 1. The molecule has 1 unspecified atom stereocenters. The maximum absolute atomic E-state index is 3.56. The summed E-state index contributed by atoms with van der Waals surface area (Å²) in [5.74, 6) is 0. The van der Waals surface area contributed by atoms with Crippen molar-refractivity contribution in [1.82, 2.24) is 5.32 Å². The summed E-state index contributed by atoms with van der Waals surface area (Å²) in [6.45, 7) is 12.2. The monoisotopic (exact) mass is 209 g/mol. The zero-order chi connectivity index (χ0) is 11.7. The Balaban J connectivity index is 4.29. The molecule has 0 fully saturated rings. The fourth-order valence-corrected chi connectivity index (χ4v) is 1.45. The molecule has 1 N–H and O–H groups in total. The Morgan fingerprint density at radius 3 is 2.27 bits per heavy atom. The van der Waals surface area contributed by atoms with Crippen molar-refractivity contribution in [1.29, 1.82) is 0 Å². The third kappa shape index (κ3) is 6.51. The van der Waals surface area contributed by atoms with E-state index in [0.29, 0.717) is 6.04 Å². The van der Waals surface area contributed by atoms with Crippen molar-refractivity contribution in [3.8, 4) is 0 Å². The van der Waals surface area contributed by atoms with E-state index in [-0.39, 0.29) is 0 Å². The maximum atomic E-state index is 3.56. The molecule has 0 aromatic heterocycles. The Morgan fingerprint density at radius 1 is 1.13 bits per heavy atom. The van der Waals surface area contributed by atoms with Gasteiger partial charge < -0.3 is 5.32 Å². The highest BCUT2D eigenvalue weighted by Gasteiger charge is 2.05. The van der Waals surface area contributed by atoms with E-state index >= 15 is 0 Å². The summed E-state index contributed by atoms with van der Waals surface area (Å²) in [6, 6.07) is 0.547. The summed E-state index contributed by atoms with van der Waals surface area (Å²) in [5, 5.41) is 3.56. The zero-order valence-electron chi connectivity index (χ0n) is 11.1. The average Bonchev–Trinajstić information content (AvgIpc) is 2.26. The highest BCUT2D eigenvalue weighted by atomic mass is 14.9. The van der Waals surface area contributed by atoms with E-state index in [1.807, 2.05) is 0 Å². The molecule has 1 nitrogen and oxygen atoms in total. The molecule has 0 aliphatic heterocycles. The van der Waals surface area contributed by atoms with Crippen LogP contribution in [0.5, 0.6) is 0 Å². The predicted octanol–water partition coefficient (Wildman–Crippen LogP) is 4.07. The van der Waals surface area contributed by atoms with Crippen molar-refractivity contribution < 1.29 is 0 Å². The first-order chi connectivity index (χ1) is 7.15. The van der Waals surface area contributed by atoms with Crippen LogP contribution in [0.15, 0.2) is 23.3 Å². The first-order valence-corrected chi connectivity index (χ1v) is 6.22. The zero-order valence-corrected chi connectivity index (χ0v) is 11.1. The van der Waals surface area contributed by atoms with Crippen molar-refractivity contribution in [2.75, 3.05) is 6.54 Å². The summed E-state index contributed by atoms with van der Waals surface area (Å²) in [6.07, 6.45) is 8.01. The second-order valence-corrected chi connectivity index (χ2v) is 4.19. The molecular formula is C14H27N. The lowest BCUT2D eigenvalue weighted by atomic mass is 10.0. The largest absolute Gasteiger partial charge is 0.310 e. The highest BCUT2D eigenvalue weighted by molar-refractivity contribution is 5.19. The van der Waals surface area contributed by atoms with E-state index in [2.05, 4.69) is 52.1 Å². The van der Waals surface area contributed by atoms with Gasteiger partial charge in [-0.2, -0.15) is 0 Å². The molecule has 0 spiro atoms. The molecule has 1 heteroatoms. The van der Waals surface area contributed by atoms with Gasteiger partial charge in [-0.15, -0.1) is 0 Å². The van der Waals surface area contributed by atoms with Gasteiger partial charge in [0.2, 0.25) is 0 Å².